The highest BCUT2D eigenvalue weighted by Gasteiger charge is 2.36. The molecule has 2 heterocycles. The third-order valence-corrected chi connectivity index (χ3v) is 5.51. The number of hydrogen-bond acceptors (Lipinski definition) is 3. The van der Waals surface area contributed by atoms with Crippen LogP contribution in [0, 0.1) is 5.92 Å². The zero-order valence-corrected chi connectivity index (χ0v) is 15.3. The van der Waals surface area contributed by atoms with E-state index in [4.69, 9.17) is 0 Å². The number of hydrogen-bond donors (Lipinski definition) is 2. The molecule has 0 aromatic heterocycles. The highest BCUT2D eigenvalue weighted by Crippen LogP contribution is 2.25. The highest BCUT2D eigenvalue weighted by molar-refractivity contribution is 5.89. The quantitative estimate of drug-likeness (QED) is 0.877. The van der Waals surface area contributed by atoms with Crippen molar-refractivity contribution in [2.75, 3.05) is 13.1 Å². The van der Waals surface area contributed by atoms with E-state index in [1.807, 2.05) is 26.0 Å². The standard InChI is InChI=1S/C20H29N3O2/c1-3-14(2)20(25)23-13-16-8-5-4-7-15(16)11-18(23)19(24)22-17-9-6-10-21-12-17/h4-5,7-8,14,17-18,21H,3,6,9-13H2,1-2H3,(H,22,24). The van der Waals surface area contributed by atoms with E-state index >= 15 is 0 Å². The van der Waals surface area contributed by atoms with E-state index in [-0.39, 0.29) is 23.8 Å². The van der Waals surface area contributed by atoms with Crippen molar-refractivity contribution < 1.29 is 9.59 Å². The van der Waals surface area contributed by atoms with Crippen molar-refractivity contribution in [1.82, 2.24) is 15.5 Å². The zero-order chi connectivity index (χ0) is 17.8. The van der Waals surface area contributed by atoms with Gasteiger partial charge in [-0.25, -0.2) is 0 Å². The Morgan fingerprint density at radius 1 is 1.32 bits per heavy atom. The van der Waals surface area contributed by atoms with Gasteiger partial charge in [0.25, 0.3) is 0 Å². The molecule has 0 aliphatic carbocycles. The van der Waals surface area contributed by atoms with Gasteiger partial charge in [-0.3, -0.25) is 9.59 Å². The number of nitrogens with one attached hydrogen (secondary N) is 2. The third kappa shape index (κ3) is 4.03. The minimum atomic E-state index is -0.404. The Hall–Kier alpha value is -1.88. The molecule has 5 nitrogen and oxygen atoms in total. The molecule has 2 amide bonds. The largest absolute Gasteiger partial charge is 0.350 e. The Morgan fingerprint density at radius 3 is 2.76 bits per heavy atom. The molecule has 2 N–H and O–H groups in total. The third-order valence-electron chi connectivity index (χ3n) is 5.51. The Bertz CT molecular complexity index is 625. The van der Waals surface area contributed by atoms with Crippen LogP contribution in [0.5, 0.6) is 0 Å². The maximum absolute atomic E-state index is 13.0. The van der Waals surface area contributed by atoms with Gasteiger partial charge in [0.05, 0.1) is 0 Å². The number of rotatable bonds is 4. The smallest absolute Gasteiger partial charge is 0.243 e. The molecule has 5 heteroatoms. The molecule has 1 saturated heterocycles. The summed E-state index contributed by atoms with van der Waals surface area (Å²) in [6.07, 6.45) is 3.47. The normalized spacial score (nSPS) is 24.3. The van der Waals surface area contributed by atoms with Crippen molar-refractivity contribution in [1.29, 1.82) is 0 Å². The molecule has 1 aromatic carbocycles. The number of fused-ring (bicyclic) bond motifs is 1. The van der Waals surface area contributed by atoms with Crippen LogP contribution in [-0.4, -0.2) is 41.9 Å². The molecule has 2 aliphatic rings. The van der Waals surface area contributed by atoms with Crippen molar-refractivity contribution in [3.63, 3.8) is 0 Å². The summed E-state index contributed by atoms with van der Waals surface area (Å²) < 4.78 is 0. The maximum atomic E-state index is 13.0. The Kier molecular flexibility index (Phi) is 5.74. The first-order valence-electron chi connectivity index (χ1n) is 9.48. The molecule has 136 valence electrons. The van der Waals surface area contributed by atoms with Gasteiger partial charge in [-0.1, -0.05) is 38.1 Å². The average Bonchev–Trinajstić information content (AvgIpc) is 2.66. The summed E-state index contributed by atoms with van der Waals surface area (Å²) in [5.41, 5.74) is 2.33. The van der Waals surface area contributed by atoms with E-state index in [0.29, 0.717) is 13.0 Å². The number of nitrogens with zero attached hydrogens (tertiary/aromatic N) is 1. The van der Waals surface area contributed by atoms with Gasteiger partial charge in [0.15, 0.2) is 0 Å². The van der Waals surface area contributed by atoms with E-state index in [1.165, 1.54) is 5.56 Å². The van der Waals surface area contributed by atoms with Crippen molar-refractivity contribution >= 4 is 11.8 Å². The first kappa shape index (κ1) is 17.9. The molecule has 0 bridgehead atoms. The summed E-state index contributed by atoms with van der Waals surface area (Å²) in [7, 11) is 0. The summed E-state index contributed by atoms with van der Waals surface area (Å²) in [6.45, 7) is 6.32. The van der Waals surface area contributed by atoms with Gasteiger partial charge in [0.1, 0.15) is 6.04 Å². The van der Waals surface area contributed by atoms with E-state index in [2.05, 4.69) is 22.8 Å². The number of amides is 2. The number of carbonyl (C=O) groups is 2. The SMILES string of the molecule is CCC(C)C(=O)N1Cc2ccccc2CC1C(=O)NC1CCCNC1. The molecule has 25 heavy (non-hydrogen) atoms. The topological polar surface area (TPSA) is 61.4 Å². The second kappa shape index (κ2) is 8.00. The van der Waals surface area contributed by atoms with Crippen LogP contribution < -0.4 is 10.6 Å². The fourth-order valence-corrected chi connectivity index (χ4v) is 3.72. The van der Waals surface area contributed by atoms with Crippen LogP contribution in [-0.2, 0) is 22.6 Å². The first-order valence-corrected chi connectivity index (χ1v) is 9.48. The summed E-state index contributed by atoms with van der Waals surface area (Å²) in [5.74, 6) is 0.00990. The monoisotopic (exact) mass is 343 g/mol. The molecule has 3 rings (SSSR count). The van der Waals surface area contributed by atoms with Crippen LogP contribution in [0.4, 0.5) is 0 Å². The fourth-order valence-electron chi connectivity index (χ4n) is 3.72. The molecule has 1 aromatic rings. The van der Waals surface area contributed by atoms with Crippen molar-refractivity contribution in [2.24, 2.45) is 5.92 Å². The van der Waals surface area contributed by atoms with E-state index in [1.54, 1.807) is 4.90 Å². The summed E-state index contributed by atoms with van der Waals surface area (Å²) >= 11 is 0. The van der Waals surface area contributed by atoms with E-state index in [9.17, 15) is 9.59 Å². The Balaban J connectivity index is 1.79. The summed E-state index contributed by atoms with van der Waals surface area (Å²) in [6, 6.07) is 7.90. The summed E-state index contributed by atoms with van der Waals surface area (Å²) in [5, 5.41) is 6.49. The second-order valence-electron chi connectivity index (χ2n) is 7.32. The molecule has 3 unspecified atom stereocenters. The van der Waals surface area contributed by atoms with Crippen LogP contribution in [0.2, 0.25) is 0 Å². The molecular weight excluding hydrogens is 314 g/mol. The van der Waals surface area contributed by atoms with Crippen molar-refractivity contribution in [3.05, 3.63) is 35.4 Å². The van der Waals surface area contributed by atoms with Crippen LogP contribution in [0.1, 0.15) is 44.2 Å². The maximum Gasteiger partial charge on any atom is 0.243 e. The molecule has 0 radical (unpaired) electrons. The van der Waals surface area contributed by atoms with Crippen molar-refractivity contribution in [3.8, 4) is 0 Å². The van der Waals surface area contributed by atoms with Crippen molar-refractivity contribution in [2.45, 2.75) is 58.2 Å². The number of carbonyl (C=O) groups excluding carboxylic acids is 2. The minimum Gasteiger partial charge on any atom is -0.350 e. The molecule has 0 spiro atoms. The van der Waals surface area contributed by atoms with Gasteiger partial charge in [0, 0.05) is 31.5 Å². The van der Waals surface area contributed by atoms with Gasteiger partial charge < -0.3 is 15.5 Å². The highest BCUT2D eigenvalue weighted by atomic mass is 16.2. The first-order chi connectivity index (χ1) is 12.1. The number of benzene rings is 1. The van der Waals surface area contributed by atoms with Crippen LogP contribution in [0.3, 0.4) is 0 Å². The van der Waals surface area contributed by atoms with Gasteiger partial charge >= 0.3 is 0 Å². The van der Waals surface area contributed by atoms with Gasteiger partial charge in [-0.15, -0.1) is 0 Å². The van der Waals surface area contributed by atoms with E-state index < -0.39 is 6.04 Å². The molecule has 2 aliphatic heterocycles. The van der Waals surface area contributed by atoms with E-state index in [0.717, 1.165) is 37.9 Å². The van der Waals surface area contributed by atoms with Gasteiger partial charge in [-0.05, 0) is 36.9 Å². The zero-order valence-electron chi connectivity index (χ0n) is 15.3. The minimum absolute atomic E-state index is 0.0140. The van der Waals surface area contributed by atoms with Crippen LogP contribution >= 0.6 is 0 Å². The Morgan fingerprint density at radius 2 is 2.08 bits per heavy atom. The predicted octanol–water partition coefficient (Wildman–Crippen LogP) is 1.85. The lowest BCUT2D eigenvalue weighted by Gasteiger charge is -2.38. The molecule has 3 atom stereocenters. The predicted molar refractivity (Wildman–Crippen MR) is 98.0 cm³/mol. The van der Waals surface area contributed by atoms with Gasteiger partial charge in [0.2, 0.25) is 11.8 Å². The molecular formula is C20H29N3O2. The lowest BCUT2D eigenvalue weighted by Crippen LogP contribution is -2.57. The lowest BCUT2D eigenvalue weighted by molar-refractivity contribution is -0.145. The molecule has 0 saturated carbocycles. The second-order valence-corrected chi connectivity index (χ2v) is 7.32. The van der Waals surface area contributed by atoms with Crippen LogP contribution in [0.15, 0.2) is 24.3 Å². The fraction of sp³-hybridized carbons (Fsp3) is 0.600. The lowest BCUT2D eigenvalue weighted by atomic mass is 9.91. The molecule has 1 fully saturated rings. The number of piperidine rings is 1. The Labute approximate surface area is 150 Å². The van der Waals surface area contributed by atoms with Crippen LogP contribution in [0.25, 0.3) is 0 Å². The average molecular weight is 343 g/mol. The van der Waals surface area contributed by atoms with Gasteiger partial charge in [-0.2, -0.15) is 0 Å². The summed E-state index contributed by atoms with van der Waals surface area (Å²) in [4.78, 5) is 27.6.